The number of amides is 3. The minimum Gasteiger partial charge on any atom is -0.489 e. The molecule has 1 saturated heterocycles. The molecule has 1 aliphatic rings. The molecule has 1 unspecified atom stereocenters. The second kappa shape index (κ2) is 9.12. The van der Waals surface area contributed by atoms with Gasteiger partial charge in [0.15, 0.2) is 5.96 Å². The normalized spacial score (nSPS) is 15.8. The molecule has 1 fully saturated rings. The molecule has 1 aliphatic heterocycles. The minimum absolute atomic E-state index is 0.0609. The van der Waals surface area contributed by atoms with Crippen molar-refractivity contribution in [1.82, 2.24) is 20.9 Å². The topological polar surface area (TPSA) is 95.1 Å². The molecule has 0 aromatic heterocycles. The molecule has 1 aromatic rings. The first-order valence-electron chi connectivity index (χ1n) is 7.94. The van der Waals surface area contributed by atoms with Crippen molar-refractivity contribution >= 4 is 29.5 Å². The van der Waals surface area contributed by atoms with Gasteiger partial charge in [-0.15, -0.1) is 0 Å². The molecule has 0 radical (unpaired) electrons. The van der Waals surface area contributed by atoms with E-state index >= 15 is 0 Å². The van der Waals surface area contributed by atoms with Gasteiger partial charge in [0.25, 0.3) is 0 Å². The van der Waals surface area contributed by atoms with Crippen LogP contribution in [-0.2, 0) is 4.79 Å². The van der Waals surface area contributed by atoms with Crippen molar-refractivity contribution in [2.75, 3.05) is 33.2 Å². The Kier molecular flexibility index (Phi) is 6.88. The Morgan fingerprint density at radius 3 is 2.68 bits per heavy atom. The average Bonchev–Trinajstić information content (AvgIpc) is 2.91. The van der Waals surface area contributed by atoms with Crippen molar-refractivity contribution in [2.45, 2.75) is 13.0 Å². The van der Waals surface area contributed by atoms with E-state index in [9.17, 15) is 9.59 Å². The summed E-state index contributed by atoms with van der Waals surface area (Å²) in [6, 6.07) is 6.80. The van der Waals surface area contributed by atoms with Crippen LogP contribution in [0.4, 0.5) is 4.79 Å². The zero-order valence-corrected chi connectivity index (χ0v) is 15.0. The lowest BCUT2D eigenvalue weighted by Crippen LogP contribution is -2.45. The van der Waals surface area contributed by atoms with Crippen molar-refractivity contribution in [2.24, 2.45) is 4.99 Å². The number of nitrogens with zero attached hydrogens (tertiary/aromatic N) is 2. The summed E-state index contributed by atoms with van der Waals surface area (Å²) < 4.78 is 5.77. The molecule has 0 saturated carbocycles. The van der Waals surface area contributed by atoms with Gasteiger partial charge in [-0.05, 0) is 31.2 Å². The zero-order valence-electron chi connectivity index (χ0n) is 14.2. The minimum atomic E-state index is -0.361. The van der Waals surface area contributed by atoms with Gasteiger partial charge in [-0.2, -0.15) is 0 Å². The van der Waals surface area contributed by atoms with Crippen molar-refractivity contribution in [3.63, 3.8) is 0 Å². The van der Waals surface area contributed by atoms with Gasteiger partial charge in [-0.25, -0.2) is 4.79 Å². The Morgan fingerprint density at radius 1 is 1.36 bits per heavy atom. The fraction of sp³-hybridized carbons (Fsp3) is 0.438. The number of imide groups is 1. The quantitative estimate of drug-likeness (QED) is 0.377. The van der Waals surface area contributed by atoms with Crippen LogP contribution in [0.5, 0.6) is 5.75 Å². The molecule has 9 heteroatoms. The SMILES string of the molecule is CN=C(NCCN1C(=O)CNC1=O)NCC(C)Oc1ccc(Cl)cc1. The van der Waals surface area contributed by atoms with Gasteiger partial charge in [-0.1, -0.05) is 11.6 Å². The van der Waals surface area contributed by atoms with E-state index in [2.05, 4.69) is 20.9 Å². The third-order valence-corrected chi connectivity index (χ3v) is 3.75. The number of halogens is 1. The lowest BCUT2D eigenvalue weighted by atomic mass is 10.3. The summed E-state index contributed by atoms with van der Waals surface area (Å²) in [6.07, 6.45) is -0.0920. The fourth-order valence-electron chi connectivity index (χ4n) is 2.22. The number of hydrogen-bond donors (Lipinski definition) is 3. The summed E-state index contributed by atoms with van der Waals surface area (Å²) in [5.41, 5.74) is 0. The highest BCUT2D eigenvalue weighted by molar-refractivity contribution is 6.30. The van der Waals surface area contributed by atoms with E-state index in [-0.39, 0.29) is 31.1 Å². The maximum atomic E-state index is 11.5. The smallest absolute Gasteiger partial charge is 0.324 e. The van der Waals surface area contributed by atoms with Gasteiger partial charge < -0.3 is 20.7 Å². The van der Waals surface area contributed by atoms with Gasteiger partial charge in [0.2, 0.25) is 5.91 Å². The number of guanidine groups is 1. The van der Waals surface area contributed by atoms with Crippen LogP contribution in [0, 0.1) is 0 Å². The Balaban J connectivity index is 1.69. The number of hydrogen-bond acceptors (Lipinski definition) is 4. The molecule has 0 bridgehead atoms. The van der Waals surface area contributed by atoms with Crippen LogP contribution in [0.3, 0.4) is 0 Å². The molecule has 25 heavy (non-hydrogen) atoms. The highest BCUT2D eigenvalue weighted by Crippen LogP contribution is 2.16. The van der Waals surface area contributed by atoms with Crippen LogP contribution in [0.15, 0.2) is 29.3 Å². The fourth-order valence-corrected chi connectivity index (χ4v) is 2.34. The molecular formula is C16H22ClN5O3. The Bertz CT molecular complexity index is 619. The number of benzene rings is 1. The lowest BCUT2D eigenvalue weighted by molar-refractivity contribution is -0.124. The number of carbonyl (C=O) groups excluding carboxylic acids is 2. The molecule has 0 aliphatic carbocycles. The first-order chi connectivity index (χ1) is 12.0. The van der Waals surface area contributed by atoms with Gasteiger partial charge in [0.1, 0.15) is 11.9 Å². The standard InChI is InChI=1S/C16H22ClN5O3/c1-11(25-13-5-3-12(17)4-6-13)9-20-15(18-2)19-7-8-22-14(23)10-21-16(22)24/h3-6,11H,7-10H2,1-2H3,(H,21,24)(H2,18,19,20). The Morgan fingerprint density at radius 2 is 2.08 bits per heavy atom. The van der Waals surface area contributed by atoms with E-state index in [0.717, 1.165) is 5.75 Å². The molecule has 3 N–H and O–H groups in total. The van der Waals surface area contributed by atoms with Gasteiger partial charge in [-0.3, -0.25) is 14.7 Å². The van der Waals surface area contributed by atoms with Gasteiger partial charge >= 0.3 is 6.03 Å². The predicted octanol–water partition coefficient (Wildman–Crippen LogP) is 0.824. The first-order valence-corrected chi connectivity index (χ1v) is 8.32. The van der Waals surface area contributed by atoms with Crippen LogP contribution in [-0.4, -0.2) is 62.1 Å². The second-order valence-corrected chi connectivity index (χ2v) is 5.90. The van der Waals surface area contributed by atoms with Crippen LogP contribution in [0.1, 0.15) is 6.92 Å². The first kappa shape index (κ1) is 18.9. The molecule has 1 heterocycles. The van der Waals surface area contributed by atoms with Crippen molar-refractivity contribution < 1.29 is 14.3 Å². The zero-order chi connectivity index (χ0) is 18.2. The lowest BCUT2D eigenvalue weighted by Gasteiger charge is -2.18. The number of aliphatic imine (C=N–C) groups is 1. The maximum absolute atomic E-state index is 11.5. The predicted molar refractivity (Wildman–Crippen MR) is 96.0 cm³/mol. The van der Waals surface area contributed by atoms with E-state index in [1.807, 2.05) is 19.1 Å². The Hall–Kier alpha value is -2.48. The monoisotopic (exact) mass is 367 g/mol. The van der Waals surface area contributed by atoms with Gasteiger partial charge in [0, 0.05) is 25.2 Å². The number of nitrogens with one attached hydrogen (secondary N) is 3. The molecule has 1 atom stereocenters. The summed E-state index contributed by atoms with van der Waals surface area (Å²) >= 11 is 5.84. The second-order valence-electron chi connectivity index (χ2n) is 5.47. The maximum Gasteiger partial charge on any atom is 0.324 e. The van der Waals surface area contributed by atoms with E-state index < -0.39 is 0 Å². The molecular weight excluding hydrogens is 346 g/mol. The summed E-state index contributed by atoms with van der Waals surface area (Å²) in [5, 5.41) is 9.33. The van der Waals surface area contributed by atoms with Crippen LogP contribution >= 0.6 is 11.6 Å². The highest BCUT2D eigenvalue weighted by Gasteiger charge is 2.27. The summed E-state index contributed by atoms with van der Waals surface area (Å²) in [6.45, 7) is 3.21. The highest BCUT2D eigenvalue weighted by atomic mass is 35.5. The van der Waals surface area contributed by atoms with Crippen molar-refractivity contribution in [3.8, 4) is 5.75 Å². The van der Waals surface area contributed by atoms with E-state index in [0.29, 0.717) is 24.1 Å². The molecule has 8 nitrogen and oxygen atoms in total. The third kappa shape index (κ3) is 5.82. The number of ether oxygens (including phenoxy) is 1. The molecule has 1 aromatic carbocycles. The van der Waals surface area contributed by atoms with Gasteiger partial charge in [0.05, 0.1) is 13.1 Å². The van der Waals surface area contributed by atoms with Crippen molar-refractivity contribution in [1.29, 1.82) is 0 Å². The van der Waals surface area contributed by atoms with E-state index in [1.54, 1.807) is 19.2 Å². The molecule has 0 spiro atoms. The molecule has 136 valence electrons. The molecule has 3 amide bonds. The Labute approximate surface area is 151 Å². The van der Waals surface area contributed by atoms with E-state index in [4.69, 9.17) is 16.3 Å². The third-order valence-electron chi connectivity index (χ3n) is 3.50. The van der Waals surface area contributed by atoms with Crippen LogP contribution in [0.25, 0.3) is 0 Å². The number of carbonyl (C=O) groups is 2. The largest absolute Gasteiger partial charge is 0.489 e. The summed E-state index contributed by atoms with van der Waals surface area (Å²) in [5.74, 6) is 1.08. The average molecular weight is 368 g/mol. The number of urea groups is 1. The molecule has 2 rings (SSSR count). The number of rotatable bonds is 7. The van der Waals surface area contributed by atoms with Crippen LogP contribution in [0.2, 0.25) is 5.02 Å². The van der Waals surface area contributed by atoms with Crippen LogP contribution < -0.4 is 20.7 Å². The van der Waals surface area contributed by atoms with Crippen molar-refractivity contribution in [3.05, 3.63) is 29.3 Å². The summed E-state index contributed by atoms with van der Waals surface area (Å²) in [7, 11) is 1.65. The summed E-state index contributed by atoms with van der Waals surface area (Å²) in [4.78, 5) is 28.2. The van der Waals surface area contributed by atoms with E-state index in [1.165, 1.54) is 4.90 Å².